The quantitative estimate of drug-likeness (QED) is 0.670. The van der Waals surface area contributed by atoms with Crippen molar-refractivity contribution in [3.05, 3.63) is 10.9 Å². The third-order valence-corrected chi connectivity index (χ3v) is 5.19. The fraction of sp³-hybridized carbons (Fsp3) is 0.600. The van der Waals surface area contributed by atoms with E-state index in [0.29, 0.717) is 5.95 Å². The lowest BCUT2D eigenvalue weighted by Gasteiger charge is -2.28. The Morgan fingerprint density at radius 2 is 2.10 bits per heavy atom. The van der Waals surface area contributed by atoms with Gasteiger partial charge in [0.05, 0.1) is 5.39 Å². The predicted molar refractivity (Wildman–Crippen MR) is 89.8 cm³/mol. The molecule has 0 amide bonds. The summed E-state index contributed by atoms with van der Waals surface area (Å²) in [6, 6.07) is 2.17. The van der Waals surface area contributed by atoms with Gasteiger partial charge in [-0.25, -0.2) is 10.8 Å². The molecule has 0 radical (unpaired) electrons. The van der Waals surface area contributed by atoms with Crippen LogP contribution in [0, 0.1) is 12.8 Å². The lowest BCUT2D eigenvalue weighted by molar-refractivity contribution is 0.362. The highest BCUT2D eigenvalue weighted by Crippen LogP contribution is 2.32. The summed E-state index contributed by atoms with van der Waals surface area (Å²) < 4.78 is 0. The number of hydrazine groups is 1. The standard InChI is InChI=1S/C15H23N5S/c1-10-8-12-13(17-15(19-16)18-14(12)21-10)20(2)9-11-6-4-3-5-7-11/h8,11H,3-7,9,16H2,1-2H3,(H,17,18,19). The van der Waals surface area contributed by atoms with Gasteiger partial charge >= 0.3 is 0 Å². The molecule has 5 nitrogen and oxygen atoms in total. The van der Waals surface area contributed by atoms with Crippen molar-refractivity contribution in [1.29, 1.82) is 0 Å². The van der Waals surface area contributed by atoms with Crippen LogP contribution in [0.3, 0.4) is 0 Å². The number of nitrogens with zero attached hydrogens (tertiary/aromatic N) is 3. The van der Waals surface area contributed by atoms with Gasteiger partial charge in [0.1, 0.15) is 10.6 Å². The Hall–Kier alpha value is -1.40. The topological polar surface area (TPSA) is 67.1 Å². The molecule has 0 spiro atoms. The normalized spacial score (nSPS) is 16.3. The first-order valence-corrected chi connectivity index (χ1v) is 8.45. The maximum Gasteiger partial charge on any atom is 0.240 e. The van der Waals surface area contributed by atoms with Gasteiger partial charge in [-0.3, -0.25) is 5.43 Å². The molecule has 1 fully saturated rings. The molecule has 21 heavy (non-hydrogen) atoms. The largest absolute Gasteiger partial charge is 0.359 e. The van der Waals surface area contributed by atoms with Crippen LogP contribution in [0.5, 0.6) is 0 Å². The van der Waals surface area contributed by atoms with Gasteiger partial charge in [0.2, 0.25) is 5.95 Å². The van der Waals surface area contributed by atoms with E-state index in [-0.39, 0.29) is 0 Å². The maximum absolute atomic E-state index is 5.51. The summed E-state index contributed by atoms with van der Waals surface area (Å²) >= 11 is 1.69. The number of hydrogen-bond donors (Lipinski definition) is 2. The van der Waals surface area contributed by atoms with E-state index < -0.39 is 0 Å². The molecule has 0 aromatic carbocycles. The molecule has 0 saturated heterocycles. The van der Waals surface area contributed by atoms with Crippen molar-refractivity contribution in [2.45, 2.75) is 39.0 Å². The monoisotopic (exact) mass is 305 g/mol. The lowest BCUT2D eigenvalue weighted by atomic mass is 9.89. The number of thiophene rings is 1. The van der Waals surface area contributed by atoms with Crippen LogP contribution < -0.4 is 16.2 Å². The Labute approximate surface area is 129 Å². The van der Waals surface area contributed by atoms with Crippen molar-refractivity contribution in [1.82, 2.24) is 9.97 Å². The molecule has 1 aliphatic rings. The Morgan fingerprint density at radius 3 is 2.81 bits per heavy atom. The average molecular weight is 305 g/mol. The number of aromatic nitrogens is 2. The van der Waals surface area contributed by atoms with Crippen LogP contribution >= 0.6 is 11.3 Å². The van der Waals surface area contributed by atoms with E-state index in [1.54, 1.807) is 11.3 Å². The fourth-order valence-electron chi connectivity index (χ4n) is 3.23. The summed E-state index contributed by atoms with van der Waals surface area (Å²) in [6.45, 7) is 3.16. The molecule has 6 heteroatoms. The van der Waals surface area contributed by atoms with Crippen molar-refractivity contribution in [2.75, 3.05) is 23.9 Å². The Balaban J connectivity index is 1.89. The van der Waals surface area contributed by atoms with Crippen LogP contribution in [0.15, 0.2) is 6.07 Å². The highest BCUT2D eigenvalue weighted by atomic mass is 32.1. The van der Waals surface area contributed by atoms with E-state index in [1.165, 1.54) is 37.0 Å². The minimum atomic E-state index is 0.495. The van der Waals surface area contributed by atoms with Crippen LogP contribution in [0.4, 0.5) is 11.8 Å². The van der Waals surface area contributed by atoms with Gasteiger partial charge in [-0.2, -0.15) is 4.98 Å². The smallest absolute Gasteiger partial charge is 0.240 e. The Morgan fingerprint density at radius 1 is 1.33 bits per heavy atom. The molecular formula is C15H23N5S. The van der Waals surface area contributed by atoms with E-state index >= 15 is 0 Å². The van der Waals surface area contributed by atoms with E-state index in [2.05, 4.69) is 40.3 Å². The number of nitrogens with two attached hydrogens (primary N) is 1. The van der Waals surface area contributed by atoms with Crippen LogP contribution in [0.2, 0.25) is 0 Å². The molecule has 3 N–H and O–H groups in total. The lowest BCUT2D eigenvalue weighted by Crippen LogP contribution is -2.28. The number of rotatable bonds is 4. The second-order valence-electron chi connectivity index (χ2n) is 5.98. The zero-order valence-corrected chi connectivity index (χ0v) is 13.5. The average Bonchev–Trinajstić information content (AvgIpc) is 2.87. The van der Waals surface area contributed by atoms with Gasteiger partial charge in [-0.15, -0.1) is 11.3 Å². The van der Waals surface area contributed by atoms with Crippen molar-refractivity contribution in [2.24, 2.45) is 11.8 Å². The Kier molecular flexibility index (Phi) is 4.26. The fourth-order valence-corrected chi connectivity index (χ4v) is 4.10. The molecule has 0 bridgehead atoms. The Bertz CT molecular complexity index is 618. The highest BCUT2D eigenvalue weighted by Gasteiger charge is 2.19. The summed E-state index contributed by atoms with van der Waals surface area (Å²) in [5, 5.41) is 1.13. The molecule has 3 rings (SSSR count). The van der Waals surface area contributed by atoms with Gasteiger partial charge < -0.3 is 4.90 Å². The predicted octanol–water partition coefficient (Wildman–Crippen LogP) is 3.30. The molecule has 1 aliphatic carbocycles. The summed E-state index contributed by atoms with van der Waals surface area (Å²) in [5.41, 5.74) is 2.59. The van der Waals surface area contributed by atoms with Crippen molar-refractivity contribution >= 4 is 33.3 Å². The third kappa shape index (κ3) is 3.11. The molecule has 0 atom stereocenters. The zero-order valence-electron chi connectivity index (χ0n) is 12.7. The minimum absolute atomic E-state index is 0.495. The summed E-state index contributed by atoms with van der Waals surface area (Å²) in [5.74, 6) is 7.78. The number of fused-ring (bicyclic) bond motifs is 1. The van der Waals surface area contributed by atoms with Crippen molar-refractivity contribution in [3.63, 3.8) is 0 Å². The van der Waals surface area contributed by atoms with Gasteiger partial charge in [0, 0.05) is 18.5 Å². The first-order chi connectivity index (χ1) is 10.2. The SMILES string of the molecule is Cc1cc2c(N(C)CC3CCCCC3)nc(NN)nc2s1. The maximum atomic E-state index is 5.51. The first kappa shape index (κ1) is 14.5. The number of aryl methyl sites for hydroxylation is 1. The number of hydrogen-bond acceptors (Lipinski definition) is 6. The van der Waals surface area contributed by atoms with Gasteiger partial charge in [0.15, 0.2) is 0 Å². The molecular weight excluding hydrogens is 282 g/mol. The number of anilines is 2. The van der Waals surface area contributed by atoms with Crippen LogP contribution in [0.25, 0.3) is 10.2 Å². The molecule has 2 aromatic rings. The highest BCUT2D eigenvalue weighted by molar-refractivity contribution is 7.18. The van der Waals surface area contributed by atoms with Crippen molar-refractivity contribution < 1.29 is 0 Å². The van der Waals surface area contributed by atoms with Crippen LogP contribution in [-0.2, 0) is 0 Å². The summed E-state index contributed by atoms with van der Waals surface area (Å²) in [7, 11) is 2.13. The van der Waals surface area contributed by atoms with E-state index in [9.17, 15) is 0 Å². The molecule has 2 aromatic heterocycles. The van der Waals surface area contributed by atoms with E-state index in [1.807, 2.05) is 0 Å². The third-order valence-electron chi connectivity index (χ3n) is 4.24. The van der Waals surface area contributed by atoms with E-state index in [4.69, 9.17) is 5.84 Å². The first-order valence-electron chi connectivity index (χ1n) is 7.63. The van der Waals surface area contributed by atoms with Gasteiger partial charge in [-0.1, -0.05) is 19.3 Å². The zero-order chi connectivity index (χ0) is 14.8. The van der Waals surface area contributed by atoms with Crippen LogP contribution in [0.1, 0.15) is 37.0 Å². The minimum Gasteiger partial charge on any atom is -0.359 e. The second kappa shape index (κ2) is 6.15. The molecule has 0 unspecified atom stereocenters. The van der Waals surface area contributed by atoms with Crippen LogP contribution in [-0.4, -0.2) is 23.6 Å². The second-order valence-corrected chi connectivity index (χ2v) is 7.21. The number of nitrogen functional groups attached to an aromatic ring is 1. The molecule has 114 valence electrons. The van der Waals surface area contributed by atoms with Crippen molar-refractivity contribution in [3.8, 4) is 0 Å². The summed E-state index contributed by atoms with van der Waals surface area (Å²) in [6.07, 6.45) is 6.80. The van der Waals surface area contributed by atoms with Gasteiger partial charge in [-0.05, 0) is 31.7 Å². The number of nitrogens with one attached hydrogen (secondary N) is 1. The van der Waals surface area contributed by atoms with Gasteiger partial charge in [0.25, 0.3) is 0 Å². The molecule has 1 saturated carbocycles. The van der Waals surface area contributed by atoms with E-state index in [0.717, 1.165) is 28.5 Å². The molecule has 2 heterocycles. The molecule has 0 aliphatic heterocycles. The summed E-state index contributed by atoms with van der Waals surface area (Å²) in [4.78, 5) is 13.6.